The SMILES string of the molecule is O=C(Oc1ccc2cc(C(=O)[O-])c(=O)oc2c1)c1cc(I)cc(I)c1I. The Bertz CT molecular complexity index is 1120. The number of esters is 1. The van der Waals surface area contributed by atoms with Crippen LogP contribution in [-0.4, -0.2) is 11.9 Å². The minimum atomic E-state index is -1.61. The molecule has 0 radical (unpaired) electrons. The minimum absolute atomic E-state index is 0.109. The first-order valence-corrected chi connectivity index (χ1v) is 10.2. The lowest BCUT2D eigenvalue weighted by molar-refractivity contribution is -0.255. The lowest BCUT2D eigenvalue weighted by Crippen LogP contribution is -2.28. The van der Waals surface area contributed by atoms with Gasteiger partial charge in [0.1, 0.15) is 11.3 Å². The van der Waals surface area contributed by atoms with Crippen molar-refractivity contribution in [2.45, 2.75) is 0 Å². The van der Waals surface area contributed by atoms with Crippen LogP contribution in [0.1, 0.15) is 20.7 Å². The van der Waals surface area contributed by atoms with Gasteiger partial charge in [0.25, 0.3) is 0 Å². The summed E-state index contributed by atoms with van der Waals surface area (Å²) in [7, 11) is 0. The lowest BCUT2D eigenvalue weighted by Gasteiger charge is -2.09. The summed E-state index contributed by atoms with van der Waals surface area (Å²) >= 11 is 6.33. The number of carbonyl (C=O) groups excluding carboxylic acids is 2. The van der Waals surface area contributed by atoms with Gasteiger partial charge in [-0.3, -0.25) is 0 Å². The average molecular weight is 687 g/mol. The number of rotatable bonds is 3. The van der Waals surface area contributed by atoms with E-state index >= 15 is 0 Å². The quantitative estimate of drug-likeness (QED) is 0.138. The Morgan fingerprint density at radius 1 is 1.00 bits per heavy atom. The van der Waals surface area contributed by atoms with Gasteiger partial charge in [-0.15, -0.1) is 0 Å². The van der Waals surface area contributed by atoms with E-state index in [0.717, 1.165) is 16.8 Å². The predicted molar refractivity (Wildman–Crippen MR) is 116 cm³/mol. The first-order chi connectivity index (χ1) is 12.3. The molecule has 0 N–H and O–H groups in total. The van der Waals surface area contributed by atoms with E-state index in [1.165, 1.54) is 18.2 Å². The molecule has 2 aromatic carbocycles. The Morgan fingerprint density at radius 3 is 2.42 bits per heavy atom. The maximum atomic E-state index is 12.5. The van der Waals surface area contributed by atoms with Crippen LogP contribution < -0.4 is 15.5 Å². The second kappa shape index (κ2) is 7.80. The van der Waals surface area contributed by atoms with E-state index in [0.29, 0.717) is 10.9 Å². The van der Waals surface area contributed by atoms with Gasteiger partial charge in [-0.1, -0.05) is 0 Å². The number of carbonyl (C=O) groups is 2. The van der Waals surface area contributed by atoms with Gasteiger partial charge in [-0.2, -0.15) is 0 Å². The van der Waals surface area contributed by atoms with E-state index in [1.54, 1.807) is 6.07 Å². The molecule has 0 amide bonds. The first kappa shape index (κ1) is 19.5. The lowest BCUT2D eigenvalue weighted by atomic mass is 10.2. The largest absolute Gasteiger partial charge is 0.545 e. The zero-order chi connectivity index (χ0) is 19.0. The van der Waals surface area contributed by atoms with Crippen molar-refractivity contribution in [1.82, 2.24) is 0 Å². The zero-order valence-electron chi connectivity index (χ0n) is 12.5. The van der Waals surface area contributed by atoms with E-state index in [2.05, 4.69) is 67.8 Å². The fourth-order valence-corrected chi connectivity index (χ4v) is 4.54. The molecule has 26 heavy (non-hydrogen) atoms. The molecule has 0 fully saturated rings. The molecule has 0 unspecified atom stereocenters. The van der Waals surface area contributed by atoms with Gasteiger partial charge in [0.05, 0.1) is 17.1 Å². The van der Waals surface area contributed by atoms with Crippen LogP contribution in [-0.2, 0) is 0 Å². The number of hydrogen-bond acceptors (Lipinski definition) is 6. The monoisotopic (exact) mass is 687 g/mol. The Labute approximate surface area is 187 Å². The van der Waals surface area contributed by atoms with E-state index in [4.69, 9.17) is 9.15 Å². The normalized spacial score (nSPS) is 10.7. The van der Waals surface area contributed by atoms with Crippen molar-refractivity contribution < 1.29 is 23.8 Å². The molecule has 3 rings (SSSR count). The molecule has 0 saturated heterocycles. The fraction of sp³-hybridized carbons (Fsp3) is 0. The van der Waals surface area contributed by atoms with Gasteiger partial charge in [-0.25, -0.2) is 9.59 Å². The summed E-state index contributed by atoms with van der Waals surface area (Å²) in [6, 6.07) is 9.17. The predicted octanol–water partition coefficient (Wildman–Crippen LogP) is 3.19. The highest BCUT2D eigenvalue weighted by atomic mass is 127. The van der Waals surface area contributed by atoms with Crippen LogP contribution in [0.25, 0.3) is 11.0 Å². The summed E-state index contributed by atoms with van der Waals surface area (Å²) in [6.45, 7) is 0. The maximum Gasteiger partial charge on any atom is 0.345 e. The highest BCUT2D eigenvalue weighted by Gasteiger charge is 2.16. The highest BCUT2D eigenvalue weighted by Crippen LogP contribution is 2.25. The topological polar surface area (TPSA) is 96.6 Å². The van der Waals surface area contributed by atoms with Crippen LogP contribution in [0.3, 0.4) is 0 Å². The Kier molecular flexibility index (Phi) is 5.86. The molecule has 0 atom stereocenters. The third-order valence-electron chi connectivity index (χ3n) is 3.35. The molecule has 6 nitrogen and oxygen atoms in total. The Morgan fingerprint density at radius 2 is 1.73 bits per heavy atom. The molecule has 0 bridgehead atoms. The van der Waals surface area contributed by atoms with Crippen molar-refractivity contribution in [3.05, 3.63) is 68.7 Å². The number of hydrogen-bond donors (Lipinski definition) is 0. The summed E-state index contributed by atoms with van der Waals surface area (Å²) in [5, 5.41) is 11.3. The van der Waals surface area contributed by atoms with Gasteiger partial charge < -0.3 is 19.1 Å². The third kappa shape index (κ3) is 4.03. The number of ether oxygens (including phenoxy) is 1. The van der Waals surface area contributed by atoms with Crippen LogP contribution in [0, 0.1) is 10.7 Å². The molecular weight excluding hydrogens is 681 g/mol. The van der Waals surface area contributed by atoms with E-state index in [1.807, 2.05) is 6.07 Å². The van der Waals surface area contributed by atoms with Crippen molar-refractivity contribution in [2.75, 3.05) is 0 Å². The molecule has 0 aliphatic rings. The number of carboxylic acids is 1. The summed E-state index contributed by atoms with van der Waals surface area (Å²) in [6.07, 6.45) is 0. The van der Waals surface area contributed by atoms with Gasteiger partial charge in [-0.05, 0) is 98.1 Å². The highest BCUT2D eigenvalue weighted by molar-refractivity contribution is 14.1. The van der Waals surface area contributed by atoms with E-state index < -0.39 is 23.1 Å². The van der Waals surface area contributed by atoms with Gasteiger partial charge in [0.15, 0.2) is 0 Å². The van der Waals surface area contributed by atoms with Crippen LogP contribution in [0.2, 0.25) is 0 Å². The number of fused-ring (bicyclic) bond motifs is 1. The van der Waals surface area contributed by atoms with Crippen molar-refractivity contribution in [1.29, 1.82) is 0 Å². The number of aromatic carboxylic acids is 1. The summed E-state index contributed by atoms with van der Waals surface area (Å²) < 4.78 is 13.0. The van der Waals surface area contributed by atoms with Crippen LogP contribution >= 0.6 is 67.8 Å². The number of benzene rings is 2. The molecule has 1 aromatic heterocycles. The molecule has 3 aromatic rings. The van der Waals surface area contributed by atoms with Crippen molar-refractivity contribution in [3.8, 4) is 5.75 Å². The van der Waals surface area contributed by atoms with Gasteiger partial charge in [0.2, 0.25) is 0 Å². The smallest absolute Gasteiger partial charge is 0.345 e. The molecule has 0 aliphatic heterocycles. The minimum Gasteiger partial charge on any atom is -0.545 e. The number of halogens is 3. The fourth-order valence-electron chi connectivity index (χ4n) is 2.16. The Hall–Kier alpha value is -1.22. The third-order valence-corrected chi connectivity index (χ3v) is 7.02. The second-order valence-corrected chi connectivity index (χ2v) is 8.56. The van der Waals surface area contributed by atoms with E-state index in [-0.39, 0.29) is 11.3 Å². The molecular formula is C17H6I3O6-. The maximum absolute atomic E-state index is 12.5. The molecule has 0 spiro atoms. The van der Waals surface area contributed by atoms with Crippen molar-refractivity contribution in [2.24, 2.45) is 0 Å². The zero-order valence-corrected chi connectivity index (χ0v) is 19.0. The molecule has 0 saturated carbocycles. The average Bonchev–Trinajstić information content (AvgIpc) is 2.57. The Balaban J connectivity index is 1.97. The molecule has 0 aliphatic carbocycles. The summed E-state index contributed by atoms with van der Waals surface area (Å²) in [5.74, 6) is -1.98. The number of carboxylic acid groups (broad SMARTS) is 1. The van der Waals surface area contributed by atoms with Crippen LogP contribution in [0.5, 0.6) is 5.75 Å². The van der Waals surface area contributed by atoms with Crippen LogP contribution in [0.4, 0.5) is 0 Å². The van der Waals surface area contributed by atoms with E-state index in [9.17, 15) is 19.5 Å². The molecule has 132 valence electrons. The standard InChI is InChI=1S/C17H7I3O6/c18-8-4-10(14(20)12(19)5-8)16(23)25-9-2-1-7-3-11(15(21)22)17(24)26-13(7)6-9/h1-6H,(H,21,22)/p-1. The molecule has 9 heteroatoms. The van der Waals surface area contributed by atoms with Crippen molar-refractivity contribution in [3.63, 3.8) is 0 Å². The first-order valence-electron chi connectivity index (χ1n) is 6.92. The summed E-state index contributed by atoms with van der Waals surface area (Å²) in [4.78, 5) is 35.0. The molecule has 1 heterocycles. The summed E-state index contributed by atoms with van der Waals surface area (Å²) in [5.41, 5.74) is -1.05. The van der Waals surface area contributed by atoms with Gasteiger partial charge >= 0.3 is 11.6 Å². The van der Waals surface area contributed by atoms with Gasteiger partial charge in [0, 0.05) is 22.2 Å². The van der Waals surface area contributed by atoms with Crippen LogP contribution in [0.15, 0.2) is 45.6 Å². The second-order valence-electron chi connectivity index (χ2n) is 5.07. The van der Waals surface area contributed by atoms with Crippen molar-refractivity contribution >= 4 is 90.7 Å².